The van der Waals surface area contributed by atoms with E-state index in [9.17, 15) is 9.59 Å². The van der Waals surface area contributed by atoms with E-state index in [-0.39, 0.29) is 17.9 Å². The maximum Gasteiger partial charge on any atom is 0.253 e. The van der Waals surface area contributed by atoms with Crippen LogP contribution in [0.5, 0.6) is 0 Å². The number of aryl methyl sites for hydroxylation is 1. The second kappa shape index (κ2) is 11.8. The predicted octanol–water partition coefficient (Wildman–Crippen LogP) is 3.23. The summed E-state index contributed by atoms with van der Waals surface area (Å²) in [6.45, 7) is 5.56. The van der Waals surface area contributed by atoms with E-state index in [0.29, 0.717) is 13.0 Å². The van der Waals surface area contributed by atoms with Crippen molar-refractivity contribution in [3.8, 4) is 0 Å². The summed E-state index contributed by atoms with van der Waals surface area (Å²) >= 11 is 0. The van der Waals surface area contributed by atoms with Gasteiger partial charge in [0, 0.05) is 44.3 Å². The second-order valence-corrected chi connectivity index (χ2v) is 9.14. The molecule has 33 heavy (non-hydrogen) atoms. The van der Waals surface area contributed by atoms with Crippen molar-refractivity contribution in [2.24, 2.45) is 0 Å². The number of hydrogen-bond acceptors (Lipinski definition) is 4. The number of benzene rings is 2. The molecular formula is C27H36N4O2. The lowest BCUT2D eigenvalue weighted by molar-refractivity contribution is -0.121. The number of hydrogen-bond donors (Lipinski definition) is 2. The maximum absolute atomic E-state index is 12.9. The van der Waals surface area contributed by atoms with E-state index in [0.717, 1.165) is 63.2 Å². The van der Waals surface area contributed by atoms with E-state index >= 15 is 0 Å². The Balaban J connectivity index is 1.23. The molecule has 0 radical (unpaired) electrons. The van der Waals surface area contributed by atoms with Crippen LogP contribution < -0.4 is 15.5 Å². The fraction of sp³-hybridized carbons (Fsp3) is 0.481. The molecule has 0 atom stereocenters. The SMILES string of the molecule is O=C(CCc1ccccc1)NC1CCN(c2ccccc2C(=O)NCCN2CCCC2)CC1. The number of likely N-dealkylation sites (tertiary alicyclic amines) is 1. The summed E-state index contributed by atoms with van der Waals surface area (Å²) in [4.78, 5) is 29.9. The molecule has 2 aliphatic rings. The van der Waals surface area contributed by atoms with Crippen LogP contribution in [0.2, 0.25) is 0 Å². The zero-order valence-electron chi connectivity index (χ0n) is 19.5. The van der Waals surface area contributed by atoms with E-state index in [1.165, 1.54) is 18.4 Å². The van der Waals surface area contributed by atoms with E-state index in [1.807, 2.05) is 42.5 Å². The fourth-order valence-electron chi connectivity index (χ4n) is 4.84. The van der Waals surface area contributed by atoms with Gasteiger partial charge in [-0.05, 0) is 62.9 Å². The molecule has 6 heteroatoms. The van der Waals surface area contributed by atoms with Crippen molar-refractivity contribution in [3.63, 3.8) is 0 Å². The highest BCUT2D eigenvalue weighted by molar-refractivity contribution is 5.99. The van der Waals surface area contributed by atoms with E-state index in [1.54, 1.807) is 0 Å². The Labute approximate surface area is 197 Å². The van der Waals surface area contributed by atoms with Gasteiger partial charge in [0.15, 0.2) is 0 Å². The summed E-state index contributed by atoms with van der Waals surface area (Å²) in [5, 5.41) is 6.31. The highest BCUT2D eigenvalue weighted by Gasteiger charge is 2.24. The van der Waals surface area contributed by atoms with Crippen LogP contribution in [0.3, 0.4) is 0 Å². The number of amides is 2. The summed E-state index contributed by atoms with van der Waals surface area (Å²) in [7, 11) is 0. The van der Waals surface area contributed by atoms with Gasteiger partial charge in [0.1, 0.15) is 0 Å². The molecule has 176 valence electrons. The van der Waals surface area contributed by atoms with Crippen molar-refractivity contribution in [2.75, 3.05) is 44.2 Å². The smallest absolute Gasteiger partial charge is 0.253 e. The van der Waals surface area contributed by atoms with Gasteiger partial charge in [-0.2, -0.15) is 0 Å². The Kier molecular flexibility index (Phi) is 8.36. The second-order valence-electron chi connectivity index (χ2n) is 9.14. The van der Waals surface area contributed by atoms with Gasteiger partial charge >= 0.3 is 0 Å². The average molecular weight is 449 g/mol. The summed E-state index contributed by atoms with van der Waals surface area (Å²) < 4.78 is 0. The molecule has 4 rings (SSSR count). The lowest BCUT2D eigenvalue weighted by Crippen LogP contribution is -2.45. The van der Waals surface area contributed by atoms with Crippen LogP contribution in [0, 0.1) is 0 Å². The Morgan fingerprint density at radius 2 is 1.58 bits per heavy atom. The molecule has 2 aromatic carbocycles. The lowest BCUT2D eigenvalue weighted by atomic mass is 10.0. The minimum absolute atomic E-state index is 0.00105. The Bertz CT molecular complexity index is 903. The quantitative estimate of drug-likeness (QED) is 0.618. The third-order valence-corrected chi connectivity index (χ3v) is 6.75. The normalized spacial score (nSPS) is 17.2. The van der Waals surface area contributed by atoms with Gasteiger partial charge in [-0.25, -0.2) is 0 Å². The molecule has 0 saturated carbocycles. The summed E-state index contributed by atoms with van der Waals surface area (Å²) in [6.07, 6.45) is 5.60. The Morgan fingerprint density at radius 1 is 0.879 bits per heavy atom. The van der Waals surface area contributed by atoms with Gasteiger partial charge in [0.2, 0.25) is 5.91 Å². The fourth-order valence-corrected chi connectivity index (χ4v) is 4.84. The van der Waals surface area contributed by atoms with E-state index in [4.69, 9.17) is 0 Å². The lowest BCUT2D eigenvalue weighted by Gasteiger charge is -2.35. The van der Waals surface area contributed by atoms with E-state index < -0.39 is 0 Å². The first-order valence-corrected chi connectivity index (χ1v) is 12.4. The van der Waals surface area contributed by atoms with Crippen LogP contribution in [0.4, 0.5) is 5.69 Å². The van der Waals surface area contributed by atoms with Crippen LogP contribution in [-0.4, -0.2) is 62.0 Å². The van der Waals surface area contributed by atoms with Gasteiger partial charge in [0.25, 0.3) is 5.91 Å². The Hall–Kier alpha value is -2.86. The maximum atomic E-state index is 12.9. The number of nitrogens with one attached hydrogen (secondary N) is 2. The molecule has 2 aromatic rings. The van der Waals surface area contributed by atoms with Crippen molar-refractivity contribution in [1.29, 1.82) is 0 Å². The predicted molar refractivity (Wildman–Crippen MR) is 133 cm³/mol. The van der Waals surface area contributed by atoms with Crippen LogP contribution in [0.1, 0.15) is 48.0 Å². The standard InChI is InChI=1S/C27H36N4O2/c32-26(13-12-22-8-2-1-3-9-22)29-23-14-19-31(20-15-23)25-11-5-4-10-24(25)27(33)28-16-21-30-17-6-7-18-30/h1-5,8-11,23H,6-7,12-21H2,(H,28,33)(H,29,32). The summed E-state index contributed by atoms with van der Waals surface area (Å²) in [6, 6.07) is 18.2. The summed E-state index contributed by atoms with van der Waals surface area (Å²) in [5.41, 5.74) is 2.92. The number of anilines is 1. The molecule has 6 nitrogen and oxygen atoms in total. The van der Waals surface area contributed by atoms with Crippen LogP contribution in [0.25, 0.3) is 0 Å². The third kappa shape index (κ3) is 6.81. The first-order valence-electron chi connectivity index (χ1n) is 12.4. The molecule has 0 spiro atoms. The molecule has 0 unspecified atom stereocenters. The van der Waals surface area contributed by atoms with Crippen LogP contribution in [0.15, 0.2) is 54.6 Å². The zero-order valence-corrected chi connectivity index (χ0v) is 19.5. The molecule has 0 aromatic heterocycles. The number of piperidine rings is 1. The van der Waals surface area contributed by atoms with E-state index in [2.05, 4.69) is 32.6 Å². The summed E-state index contributed by atoms with van der Waals surface area (Å²) in [5.74, 6) is 0.121. The molecule has 2 N–H and O–H groups in total. The van der Waals surface area contributed by atoms with Gasteiger partial charge in [-0.15, -0.1) is 0 Å². The first-order chi connectivity index (χ1) is 16.2. The first kappa shape index (κ1) is 23.3. The topological polar surface area (TPSA) is 64.7 Å². The van der Waals surface area contributed by atoms with Crippen molar-refractivity contribution in [1.82, 2.24) is 15.5 Å². The van der Waals surface area contributed by atoms with Crippen molar-refractivity contribution in [2.45, 2.75) is 44.6 Å². The molecule has 2 amide bonds. The van der Waals surface area contributed by atoms with Crippen molar-refractivity contribution in [3.05, 3.63) is 65.7 Å². The van der Waals surface area contributed by atoms with Crippen LogP contribution >= 0.6 is 0 Å². The molecule has 2 fully saturated rings. The highest BCUT2D eigenvalue weighted by Crippen LogP contribution is 2.24. The third-order valence-electron chi connectivity index (χ3n) is 6.75. The minimum Gasteiger partial charge on any atom is -0.371 e. The number of rotatable bonds is 9. The average Bonchev–Trinajstić information content (AvgIpc) is 3.37. The number of nitrogens with zero attached hydrogens (tertiary/aromatic N) is 2. The minimum atomic E-state index is 0.00105. The molecule has 2 heterocycles. The number of para-hydroxylation sites is 1. The molecular weight excluding hydrogens is 412 g/mol. The zero-order chi connectivity index (χ0) is 22.9. The highest BCUT2D eigenvalue weighted by atomic mass is 16.2. The molecule has 2 saturated heterocycles. The number of carbonyl (C=O) groups is 2. The van der Waals surface area contributed by atoms with Crippen LogP contribution in [-0.2, 0) is 11.2 Å². The molecule has 0 bridgehead atoms. The molecule has 2 aliphatic heterocycles. The largest absolute Gasteiger partial charge is 0.371 e. The molecule has 0 aliphatic carbocycles. The van der Waals surface area contributed by atoms with Gasteiger partial charge < -0.3 is 20.4 Å². The van der Waals surface area contributed by atoms with Gasteiger partial charge in [-0.1, -0.05) is 42.5 Å². The monoisotopic (exact) mass is 448 g/mol. The number of carbonyl (C=O) groups excluding carboxylic acids is 2. The van der Waals surface area contributed by atoms with Crippen molar-refractivity contribution < 1.29 is 9.59 Å². The van der Waals surface area contributed by atoms with Gasteiger partial charge in [-0.3, -0.25) is 9.59 Å². The van der Waals surface area contributed by atoms with Gasteiger partial charge in [0.05, 0.1) is 5.56 Å². The van der Waals surface area contributed by atoms with Crippen molar-refractivity contribution >= 4 is 17.5 Å². The Morgan fingerprint density at radius 3 is 2.33 bits per heavy atom.